The van der Waals surface area contributed by atoms with Crippen LogP contribution in [0.4, 0.5) is 5.69 Å². The lowest BCUT2D eigenvalue weighted by molar-refractivity contribution is -0.116. The lowest BCUT2D eigenvalue weighted by Gasteiger charge is -2.10. The molecule has 0 atom stereocenters. The molecule has 1 aromatic carbocycles. The van der Waals surface area contributed by atoms with Crippen LogP contribution < -0.4 is 5.32 Å². The van der Waals surface area contributed by atoms with Gasteiger partial charge in [0.1, 0.15) is 0 Å². The third kappa shape index (κ3) is 3.90. The molecule has 0 radical (unpaired) electrons. The molecule has 0 spiro atoms. The molecule has 2 amide bonds. The maximum atomic E-state index is 11.6. The highest BCUT2D eigenvalue weighted by atomic mass is 16.2. The number of amides is 2. The van der Waals surface area contributed by atoms with Crippen molar-refractivity contribution in [1.82, 2.24) is 4.90 Å². The maximum Gasteiger partial charge on any atom is 0.253 e. The Kier molecular flexibility index (Phi) is 4.69. The molecule has 92 valence electrons. The van der Waals surface area contributed by atoms with Crippen molar-refractivity contribution in [2.24, 2.45) is 0 Å². The Balaban J connectivity index is 2.68. The molecule has 0 heterocycles. The van der Waals surface area contributed by atoms with Crippen molar-refractivity contribution in [3.8, 4) is 0 Å². The van der Waals surface area contributed by atoms with Crippen molar-refractivity contribution >= 4 is 17.5 Å². The number of hydrogen-bond acceptors (Lipinski definition) is 2. The van der Waals surface area contributed by atoms with Crippen LogP contribution in [0.2, 0.25) is 0 Å². The van der Waals surface area contributed by atoms with E-state index < -0.39 is 0 Å². The Morgan fingerprint density at radius 3 is 2.24 bits per heavy atom. The van der Waals surface area contributed by atoms with Crippen LogP contribution in [0, 0.1) is 0 Å². The monoisotopic (exact) mass is 234 g/mol. The molecule has 0 saturated carbocycles. The van der Waals surface area contributed by atoms with Crippen LogP contribution in [0.1, 0.15) is 30.1 Å². The van der Waals surface area contributed by atoms with E-state index in [4.69, 9.17) is 0 Å². The first-order valence-electron chi connectivity index (χ1n) is 5.66. The van der Waals surface area contributed by atoms with E-state index in [0.29, 0.717) is 12.0 Å². The topological polar surface area (TPSA) is 49.4 Å². The van der Waals surface area contributed by atoms with Crippen molar-refractivity contribution in [2.45, 2.75) is 19.8 Å². The maximum absolute atomic E-state index is 11.6. The highest BCUT2D eigenvalue weighted by molar-refractivity contribution is 5.95. The van der Waals surface area contributed by atoms with Crippen molar-refractivity contribution < 1.29 is 9.59 Å². The van der Waals surface area contributed by atoms with Gasteiger partial charge < -0.3 is 10.2 Å². The predicted molar refractivity (Wildman–Crippen MR) is 68.0 cm³/mol. The first-order chi connectivity index (χ1) is 8.04. The number of carbonyl (C=O) groups excluding carboxylic acids is 2. The summed E-state index contributed by atoms with van der Waals surface area (Å²) in [5.74, 6) is -0.0457. The zero-order valence-corrected chi connectivity index (χ0v) is 10.5. The lowest BCUT2D eigenvalue weighted by Crippen LogP contribution is -2.21. The van der Waals surface area contributed by atoms with Gasteiger partial charge >= 0.3 is 0 Å². The predicted octanol–water partition coefficient (Wildman–Crippen LogP) is 2.13. The molecule has 0 aromatic heterocycles. The highest BCUT2D eigenvalue weighted by Crippen LogP contribution is 2.11. The SMILES string of the molecule is CCCC(=O)Nc1ccc(C(=O)N(C)C)cc1. The van der Waals surface area contributed by atoms with E-state index in [1.165, 1.54) is 4.90 Å². The number of rotatable bonds is 4. The average molecular weight is 234 g/mol. The van der Waals surface area contributed by atoms with E-state index in [0.717, 1.165) is 12.1 Å². The van der Waals surface area contributed by atoms with E-state index in [2.05, 4.69) is 5.32 Å². The molecule has 1 rings (SSSR count). The molecular formula is C13H18N2O2. The summed E-state index contributed by atoms with van der Waals surface area (Å²) >= 11 is 0. The Bertz CT molecular complexity index is 396. The minimum atomic E-state index is -0.0450. The summed E-state index contributed by atoms with van der Waals surface area (Å²) in [6.07, 6.45) is 1.33. The standard InChI is InChI=1S/C13H18N2O2/c1-4-5-12(16)14-11-8-6-10(7-9-11)13(17)15(2)3/h6-9H,4-5H2,1-3H3,(H,14,16). The molecule has 0 aliphatic carbocycles. The van der Waals surface area contributed by atoms with Crippen molar-refractivity contribution in [3.05, 3.63) is 29.8 Å². The van der Waals surface area contributed by atoms with Gasteiger partial charge in [-0.1, -0.05) is 6.92 Å². The van der Waals surface area contributed by atoms with Gasteiger partial charge in [-0.3, -0.25) is 9.59 Å². The zero-order valence-electron chi connectivity index (χ0n) is 10.5. The molecule has 0 aliphatic heterocycles. The first-order valence-corrected chi connectivity index (χ1v) is 5.66. The number of carbonyl (C=O) groups is 2. The second-order valence-corrected chi connectivity index (χ2v) is 4.08. The normalized spacial score (nSPS) is 9.82. The smallest absolute Gasteiger partial charge is 0.253 e. The van der Waals surface area contributed by atoms with Gasteiger partial charge in [0.25, 0.3) is 5.91 Å². The van der Waals surface area contributed by atoms with E-state index in [-0.39, 0.29) is 11.8 Å². The fraction of sp³-hybridized carbons (Fsp3) is 0.385. The molecule has 17 heavy (non-hydrogen) atoms. The van der Waals surface area contributed by atoms with Crippen molar-refractivity contribution in [1.29, 1.82) is 0 Å². The number of anilines is 1. The van der Waals surface area contributed by atoms with E-state index in [1.54, 1.807) is 38.4 Å². The van der Waals surface area contributed by atoms with Gasteiger partial charge in [0.2, 0.25) is 5.91 Å². The van der Waals surface area contributed by atoms with Crippen LogP contribution in [0.5, 0.6) is 0 Å². The molecule has 0 bridgehead atoms. The Hall–Kier alpha value is -1.84. The lowest BCUT2D eigenvalue weighted by atomic mass is 10.2. The highest BCUT2D eigenvalue weighted by Gasteiger charge is 2.07. The third-order valence-electron chi connectivity index (χ3n) is 2.30. The molecule has 4 heteroatoms. The Morgan fingerprint density at radius 2 is 1.76 bits per heavy atom. The Morgan fingerprint density at radius 1 is 1.18 bits per heavy atom. The quantitative estimate of drug-likeness (QED) is 0.867. The van der Waals surface area contributed by atoms with Gasteiger partial charge in [-0.05, 0) is 30.7 Å². The molecular weight excluding hydrogens is 216 g/mol. The number of benzene rings is 1. The van der Waals surface area contributed by atoms with Crippen molar-refractivity contribution in [2.75, 3.05) is 19.4 Å². The van der Waals surface area contributed by atoms with E-state index in [9.17, 15) is 9.59 Å². The van der Waals surface area contributed by atoms with Crippen LogP contribution in [-0.2, 0) is 4.79 Å². The van der Waals surface area contributed by atoms with Crippen LogP contribution >= 0.6 is 0 Å². The molecule has 0 fully saturated rings. The van der Waals surface area contributed by atoms with Gasteiger partial charge in [-0.25, -0.2) is 0 Å². The summed E-state index contributed by atoms with van der Waals surface area (Å²) in [7, 11) is 3.42. The Labute approximate surface area is 102 Å². The summed E-state index contributed by atoms with van der Waals surface area (Å²) < 4.78 is 0. The molecule has 4 nitrogen and oxygen atoms in total. The summed E-state index contributed by atoms with van der Waals surface area (Å²) in [6.45, 7) is 1.96. The molecule has 0 saturated heterocycles. The van der Waals surface area contributed by atoms with E-state index >= 15 is 0 Å². The van der Waals surface area contributed by atoms with Crippen LogP contribution in [0.25, 0.3) is 0 Å². The minimum absolute atomic E-state index is 0.000754. The number of nitrogens with one attached hydrogen (secondary N) is 1. The first kappa shape index (κ1) is 13.2. The number of hydrogen-bond donors (Lipinski definition) is 1. The molecule has 1 aromatic rings. The zero-order chi connectivity index (χ0) is 12.8. The average Bonchev–Trinajstić information content (AvgIpc) is 2.29. The van der Waals surface area contributed by atoms with Crippen LogP contribution in [0.15, 0.2) is 24.3 Å². The molecule has 1 N–H and O–H groups in total. The second-order valence-electron chi connectivity index (χ2n) is 4.08. The van der Waals surface area contributed by atoms with Gasteiger partial charge in [0.15, 0.2) is 0 Å². The fourth-order valence-corrected chi connectivity index (χ4v) is 1.40. The van der Waals surface area contributed by atoms with Gasteiger partial charge in [-0.15, -0.1) is 0 Å². The summed E-state index contributed by atoms with van der Waals surface area (Å²) in [6, 6.07) is 6.91. The number of nitrogens with zero attached hydrogens (tertiary/aromatic N) is 1. The largest absolute Gasteiger partial charge is 0.345 e. The summed E-state index contributed by atoms with van der Waals surface area (Å²) in [5, 5.41) is 2.77. The van der Waals surface area contributed by atoms with Gasteiger partial charge in [0, 0.05) is 31.8 Å². The van der Waals surface area contributed by atoms with E-state index in [1.807, 2.05) is 6.92 Å². The summed E-state index contributed by atoms with van der Waals surface area (Å²) in [4.78, 5) is 24.5. The summed E-state index contributed by atoms with van der Waals surface area (Å²) in [5.41, 5.74) is 1.34. The minimum Gasteiger partial charge on any atom is -0.345 e. The van der Waals surface area contributed by atoms with Gasteiger partial charge in [-0.2, -0.15) is 0 Å². The van der Waals surface area contributed by atoms with Crippen LogP contribution in [-0.4, -0.2) is 30.8 Å². The van der Waals surface area contributed by atoms with Crippen molar-refractivity contribution in [3.63, 3.8) is 0 Å². The molecule has 0 unspecified atom stereocenters. The molecule has 0 aliphatic rings. The fourth-order valence-electron chi connectivity index (χ4n) is 1.40. The van der Waals surface area contributed by atoms with Gasteiger partial charge in [0.05, 0.1) is 0 Å². The van der Waals surface area contributed by atoms with Crippen LogP contribution in [0.3, 0.4) is 0 Å². The third-order valence-corrected chi connectivity index (χ3v) is 2.30. The second kappa shape index (κ2) is 6.03.